The van der Waals surface area contributed by atoms with Gasteiger partial charge < -0.3 is 10.3 Å². The summed E-state index contributed by atoms with van der Waals surface area (Å²) >= 11 is 3.44. The van der Waals surface area contributed by atoms with Gasteiger partial charge in [-0.2, -0.15) is 4.98 Å². The van der Waals surface area contributed by atoms with E-state index in [0.717, 1.165) is 22.0 Å². The van der Waals surface area contributed by atoms with Gasteiger partial charge in [-0.25, -0.2) is 0 Å². The van der Waals surface area contributed by atoms with Crippen LogP contribution in [0.3, 0.4) is 0 Å². The Morgan fingerprint density at radius 1 is 1.37 bits per heavy atom. The van der Waals surface area contributed by atoms with Crippen LogP contribution in [0, 0.1) is 6.92 Å². The maximum atomic E-state index is 5.95. The van der Waals surface area contributed by atoms with E-state index in [-0.39, 0.29) is 5.54 Å². The zero-order chi connectivity index (χ0) is 14.0. The summed E-state index contributed by atoms with van der Waals surface area (Å²) in [6.45, 7) is 6.01. The average Bonchev–Trinajstić information content (AvgIpc) is 2.74. The molecule has 0 bridgehead atoms. The van der Waals surface area contributed by atoms with Crippen molar-refractivity contribution in [2.75, 3.05) is 0 Å². The molecule has 0 aliphatic heterocycles. The number of halogens is 1. The zero-order valence-corrected chi connectivity index (χ0v) is 13.0. The first-order valence-electron chi connectivity index (χ1n) is 6.23. The molecule has 0 atom stereocenters. The van der Waals surface area contributed by atoms with Gasteiger partial charge in [0, 0.05) is 22.0 Å². The lowest BCUT2D eigenvalue weighted by Crippen LogP contribution is -2.32. The molecule has 0 amide bonds. The largest absolute Gasteiger partial charge is 0.339 e. The van der Waals surface area contributed by atoms with Crippen LogP contribution >= 0.6 is 15.9 Å². The molecule has 2 rings (SSSR count). The molecule has 2 N–H and O–H groups in total. The van der Waals surface area contributed by atoms with E-state index in [1.165, 1.54) is 0 Å². The zero-order valence-electron chi connectivity index (χ0n) is 11.4. The van der Waals surface area contributed by atoms with Gasteiger partial charge in [0.25, 0.3) is 0 Å². The van der Waals surface area contributed by atoms with Crippen LogP contribution in [-0.2, 0) is 6.42 Å². The molecule has 1 heterocycles. The number of aryl methyl sites for hydroxylation is 2. The Morgan fingerprint density at radius 2 is 2.11 bits per heavy atom. The van der Waals surface area contributed by atoms with E-state index >= 15 is 0 Å². The van der Waals surface area contributed by atoms with Crippen molar-refractivity contribution in [2.45, 2.75) is 39.2 Å². The van der Waals surface area contributed by atoms with Crippen LogP contribution in [0.2, 0.25) is 0 Å². The lowest BCUT2D eigenvalue weighted by Gasteiger charge is -2.16. The van der Waals surface area contributed by atoms with Gasteiger partial charge in [-0.1, -0.05) is 21.1 Å². The van der Waals surface area contributed by atoms with Gasteiger partial charge >= 0.3 is 0 Å². The molecule has 1 aromatic heterocycles. The third kappa shape index (κ3) is 3.88. The predicted molar refractivity (Wildman–Crippen MR) is 78.8 cm³/mol. The van der Waals surface area contributed by atoms with Crippen molar-refractivity contribution in [3.05, 3.63) is 34.1 Å². The third-order valence-electron chi connectivity index (χ3n) is 2.88. The van der Waals surface area contributed by atoms with Crippen molar-refractivity contribution in [3.8, 4) is 11.4 Å². The molecule has 0 spiro atoms. The average molecular weight is 324 g/mol. The molecule has 0 saturated carbocycles. The lowest BCUT2D eigenvalue weighted by atomic mass is 10.0. The number of nitrogens with zero attached hydrogens (tertiary/aromatic N) is 2. The molecule has 0 saturated heterocycles. The highest BCUT2D eigenvalue weighted by Crippen LogP contribution is 2.24. The number of hydrogen-bond donors (Lipinski definition) is 1. The predicted octanol–water partition coefficient (Wildman–Crippen LogP) is 3.48. The van der Waals surface area contributed by atoms with Gasteiger partial charge in [0.05, 0.1) is 0 Å². The first-order valence-corrected chi connectivity index (χ1v) is 7.02. The van der Waals surface area contributed by atoms with Crippen LogP contribution in [-0.4, -0.2) is 15.7 Å². The summed E-state index contributed by atoms with van der Waals surface area (Å²) < 4.78 is 6.32. The molecule has 0 aliphatic carbocycles. The smallest absolute Gasteiger partial charge is 0.227 e. The minimum absolute atomic E-state index is 0.220. The van der Waals surface area contributed by atoms with E-state index in [0.29, 0.717) is 18.1 Å². The second-order valence-electron chi connectivity index (χ2n) is 5.46. The quantitative estimate of drug-likeness (QED) is 0.935. The molecule has 0 radical (unpaired) electrons. The van der Waals surface area contributed by atoms with Crippen molar-refractivity contribution in [3.63, 3.8) is 0 Å². The fraction of sp³-hybridized carbons (Fsp3) is 0.429. The summed E-state index contributed by atoms with van der Waals surface area (Å²) in [5.74, 6) is 1.27. The van der Waals surface area contributed by atoms with Gasteiger partial charge in [-0.05, 0) is 51.0 Å². The first-order chi connectivity index (χ1) is 8.85. The van der Waals surface area contributed by atoms with Crippen LogP contribution < -0.4 is 5.73 Å². The normalized spacial score (nSPS) is 11.8. The molecule has 19 heavy (non-hydrogen) atoms. The van der Waals surface area contributed by atoms with Crippen LogP contribution in [0.5, 0.6) is 0 Å². The minimum atomic E-state index is -0.220. The summed E-state index contributed by atoms with van der Waals surface area (Å²) in [5.41, 5.74) is 7.83. The summed E-state index contributed by atoms with van der Waals surface area (Å²) in [5, 5.41) is 4.04. The highest BCUT2D eigenvalue weighted by molar-refractivity contribution is 9.10. The number of rotatable bonds is 4. The minimum Gasteiger partial charge on any atom is -0.339 e. The van der Waals surface area contributed by atoms with Gasteiger partial charge in [-0.3, -0.25) is 0 Å². The second kappa shape index (κ2) is 5.43. The summed E-state index contributed by atoms with van der Waals surface area (Å²) in [6.07, 6.45) is 1.51. The van der Waals surface area contributed by atoms with E-state index in [1.807, 2.05) is 39.0 Å². The highest BCUT2D eigenvalue weighted by atomic mass is 79.9. The molecule has 0 fully saturated rings. The fourth-order valence-electron chi connectivity index (χ4n) is 1.77. The Labute approximate surface area is 121 Å². The molecule has 1 aromatic carbocycles. The van der Waals surface area contributed by atoms with E-state index in [9.17, 15) is 0 Å². The molecule has 5 heteroatoms. The Hall–Kier alpha value is -1.20. The molecular weight excluding hydrogens is 306 g/mol. The van der Waals surface area contributed by atoms with Crippen molar-refractivity contribution < 1.29 is 4.52 Å². The molecule has 0 unspecified atom stereocenters. The van der Waals surface area contributed by atoms with E-state index < -0.39 is 0 Å². The monoisotopic (exact) mass is 323 g/mol. The number of aromatic nitrogens is 2. The van der Waals surface area contributed by atoms with Crippen molar-refractivity contribution >= 4 is 15.9 Å². The van der Waals surface area contributed by atoms with Crippen LogP contribution in [0.25, 0.3) is 11.4 Å². The van der Waals surface area contributed by atoms with E-state index in [2.05, 4.69) is 26.1 Å². The van der Waals surface area contributed by atoms with Crippen LogP contribution in [0.4, 0.5) is 0 Å². The fourth-order valence-corrected chi connectivity index (χ4v) is 2.25. The molecule has 4 nitrogen and oxygen atoms in total. The Balaban J connectivity index is 2.16. The Morgan fingerprint density at radius 3 is 2.74 bits per heavy atom. The standard InChI is InChI=1S/C14H18BrN3O/c1-9-8-10(15)4-5-11(9)13-17-12(19-18-13)6-7-14(2,3)16/h4-5,8H,6-7,16H2,1-3H3. The summed E-state index contributed by atoms with van der Waals surface area (Å²) in [4.78, 5) is 4.43. The summed E-state index contributed by atoms with van der Waals surface area (Å²) in [6, 6.07) is 6.00. The second-order valence-corrected chi connectivity index (χ2v) is 6.38. The molecular formula is C14H18BrN3O. The number of nitrogens with two attached hydrogens (primary N) is 1. The maximum absolute atomic E-state index is 5.95. The molecule has 102 valence electrons. The van der Waals surface area contributed by atoms with Crippen LogP contribution in [0.1, 0.15) is 31.7 Å². The SMILES string of the molecule is Cc1cc(Br)ccc1-c1noc(CCC(C)(C)N)n1. The van der Waals surface area contributed by atoms with Gasteiger partial charge in [0.1, 0.15) is 0 Å². The Bertz CT molecular complexity index is 572. The topological polar surface area (TPSA) is 64.9 Å². The number of hydrogen-bond acceptors (Lipinski definition) is 4. The maximum Gasteiger partial charge on any atom is 0.227 e. The van der Waals surface area contributed by atoms with Gasteiger partial charge in [0.15, 0.2) is 0 Å². The van der Waals surface area contributed by atoms with Crippen molar-refractivity contribution in [1.82, 2.24) is 10.1 Å². The van der Waals surface area contributed by atoms with Crippen molar-refractivity contribution in [2.24, 2.45) is 5.73 Å². The molecule has 2 aromatic rings. The lowest BCUT2D eigenvalue weighted by molar-refractivity contribution is 0.358. The molecule has 0 aliphatic rings. The highest BCUT2D eigenvalue weighted by Gasteiger charge is 2.15. The van der Waals surface area contributed by atoms with Gasteiger partial charge in [-0.15, -0.1) is 0 Å². The third-order valence-corrected chi connectivity index (χ3v) is 3.37. The van der Waals surface area contributed by atoms with Crippen LogP contribution in [0.15, 0.2) is 27.2 Å². The van der Waals surface area contributed by atoms with Crippen molar-refractivity contribution in [1.29, 1.82) is 0 Å². The number of benzene rings is 1. The summed E-state index contributed by atoms with van der Waals surface area (Å²) in [7, 11) is 0. The first kappa shape index (κ1) is 14.2. The Kier molecular flexibility index (Phi) is 4.06. The van der Waals surface area contributed by atoms with Gasteiger partial charge in [0.2, 0.25) is 11.7 Å². The van der Waals surface area contributed by atoms with E-state index in [4.69, 9.17) is 10.3 Å². The van der Waals surface area contributed by atoms with E-state index in [1.54, 1.807) is 0 Å².